The normalized spacial score (nSPS) is 25.5. The zero-order chi connectivity index (χ0) is 14.1. The van der Waals surface area contributed by atoms with Crippen LogP contribution in [0.1, 0.15) is 37.8 Å². The molecule has 20 heavy (non-hydrogen) atoms. The summed E-state index contributed by atoms with van der Waals surface area (Å²) in [6.45, 7) is 4.63. The van der Waals surface area contributed by atoms with E-state index in [1.807, 2.05) is 7.05 Å². The molecule has 1 aromatic rings. The summed E-state index contributed by atoms with van der Waals surface area (Å²) in [5.41, 5.74) is 0. The molecule has 110 valence electrons. The van der Waals surface area contributed by atoms with Gasteiger partial charge in [0.15, 0.2) is 5.82 Å². The number of hydrogen-bond donors (Lipinski definition) is 1. The van der Waals surface area contributed by atoms with Gasteiger partial charge < -0.3 is 14.8 Å². The third-order valence-electron chi connectivity index (χ3n) is 4.48. The highest BCUT2D eigenvalue weighted by Crippen LogP contribution is 2.19. The van der Waals surface area contributed by atoms with Crippen molar-refractivity contribution in [3.63, 3.8) is 0 Å². The van der Waals surface area contributed by atoms with Gasteiger partial charge in [-0.3, -0.25) is 4.79 Å². The third kappa shape index (κ3) is 2.44. The maximum absolute atomic E-state index is 12.5. The number of aryl methyl sites for hydroxylation is 1. The molecule has 1 saturated heterocycles. The van der Waals surface area contributed by atoms with Crippen molar-refractivity contribution < 1.29 is 4.79 Å². The predicted molar refractivity (Wildman–Crippen MR) is 75.0 cm³/mol. The number of rotatable bonds is 3. The fourth-order valence-corrected chi connectivity index (χ4v) is 3.24. The molecule has 2 atom stereocenters. The minimum atomic E-state index is -0.0466. The second kappa shape index (κ2) is 5.52. The van der Waals surface area contributed by atoms with E-state index in [2.05, 4.69) is 27.0 Å². The minimum Gasteiger partial charge on any atom is -0.337 e. The van der Waals surface area contributed by atoms with Gasteiger partial charge in [0, 0.05) is 20.0 Å². The predicted octanol–water partition coefficient (Wildman–Crippen LogP) is 0.571. The molecule has 1 N–H and O–H groups in total. The Balaban J connectivity index is 1.66. The van der Waals surface area contributed by atoms with Gasteiger partial charge in [-0.2, -0.15) is 0 Å². The van der Waals surface area contributed by atoms with Gasteiger partial charge >= 0.3 is 0 Å². The number of hydrogen-bond acceptors (Lipinski definition) is 4. The Morgan fingerprint density at radius 3 is 3.10 bits per heavy atom. The van der Waals surface area contributed by atoms with Crippen LogP contribution in [0.25, 0.3) is 0 Å². The summed E-state index contributed by atoms with van der Waals surface area (Å²) in [7, 11) is 1.86. The molecular formula is C14H23N5O. The number of carbonyl (C=O) groups excluding carboxylic acids is 1. The molecule has 0 bridgehead atoms. The highest BCUT2D eigenvalue weighted by Gasteiger charge is 2.30. The second-order valence-corrected chi connectivity index (χ2v) is 6.03. The van der Waals surface area contributed by atoms with Gasteiger partial charge in [0.2, 0.25) is 5.91 Å². The Morgan fingerprint density at radius 1 is 1.45 bits per heavy atom. The number of carbonyl (C=O) groups is 1. The molecule has 0 radical (unpaired) electrons. The monoisotopic (exact) mass is 277 g/mol. The van der Waals surface area contributed by atoms with Gasteiger partial charge in [-0.05, 0) is 31.7 Å². The lowest BCUT2D eigenvalue weighted by atomic mass is 9.92. The lowest BCUT2D eigenvalue weighted by molar-refractivity contribution is -0.134. The molecule has 1 amide bonds. The fraction of sp³-hybridized carbons (Fsp3) is 0.786. The highest BCUT2D eigenvalue weighted by molar-refractivity contribution is 5.82. The van der Waals surface area contributed by atoms with Gasteiger partial charge in [0.05, 0.1) is 12.6 Å². The van der Waals surface area contributed by atoms with Crippen LogP contribution >= 0.6 is 0 Å². The van der Waals surface area contributed by atoms with Crippen molar-refractivity contribution in [2.45, 2.75) is 51.7 Å². The molecule has 0 aromatic carbocycles. The molecule has 6 nitrogen and oxygen atoms in total. The first-order valence-electron chi connectivity index (χ1n) is 7.56. The van der Waals surface area contributed by atoms with Crippen molar-refractivity contribution in [1.82, 2.24) is 25.0 Å². The molecule has 0 saturated carbocycles. The Bertz CT molecular complexity index is 498. The van der Waals surface area contributed by atoms with Crippen LogP contribution in [0, 0.1) is 5.92 Å². The van der Waals surface area contributed by atoms with Crippen molar-refractivity contribution in [2.75, 3.05) is 13.6 Å². The van der Waals surface area contributed by atoms with E-state index in [1.165, 1.54) is 0 Å². The number of aromatic nitrogens is 3. The first kappa shape index (κ1) is 13.5. The smallest absolute Gasteiger partial charge is 0.240 e. The first-order valence-corrected chi connectivity index (χ1v) is 7.56. The van der Waals surface area contributed by atoms with E-state index >= 15 is 0 Å². The number of fused-ring (bicyclic) bond motifs is 1. The molecule has 0 aliphatic carbocycles. The molecule has 0 spiro atoms. The maximum Gasteiger partial charge on any atom is 0.240 e. The van der Waals surface area contributed by atoms with E-state index in [0.29, 0.717) is 12.5 Å². The van der Waals surface area contributed by atoms with Crippen LogP contribution in [0.4, 0.5) is 0 Å². The Labute approximate surface area is 119 Å². The zero-order valence-electron chi connectivity index (χ0n) is 12.3. The van der Waals surface area contributed by atoms with E-state index in [-0.39, 0.29) is 11.9 Å². The number of likely N-dealkylation sites (N-methyl/N-ethyl adjacent to an activating group) is 1. The quantitative estimate of drug-likeness (QED) is 0.877. The van der Waals surface area contributed by atoms with E-state index in [9.17, 15) is 4.79 Å². The zero-order valence-corrected chi connectivity index (χ0v) is 12.3. The van der Waals surface area contributed by atoms with Crippen molar-refractivity contribution >= 4 is 5.91 Å². The average Bonchev–Trinajstić information content (AvgIpc) is 3.03. The molecule has 2 aliphatic rings. The van der Waals surface area contributed by atoms with Crippen LogP contribution < -0.4 is 5.32 Å². The summed E-state index contributed by atoms with van der Waals surface area (Å²) in [4.78, 5) is 14.3. The molecule has 2 aliphatic heterocycles. The largest absolute Gasteiger partial charge is 0.337 e. The van der Waals surface area contributed by atoms with Crippen molar-refractivity contribution in [3.05, 3.63) is 11.6 Å². The van der Waals surface area contributed by atoms with Gasteiger partial charge in [-0.25, -0.2) is 0 Å². The van der Waals surface area contributed by atoms with Gasteiger partial charge in [0.1, 0.15) is 5.82 Å². The van der Waals surface area contributed by atoms with E-state index in [0.717, 1.165) is 50.4 Å². The van der Waals surface area contributed by atoms with Gasteiger partial charge in [-0.15, -0.1) is 10.2 Å². The summed E-state index contributed by atoms with van der Waals surface area (Å²) in [5, 5.41) is 11.8. The molecule has 1 aromatic heterocycles. The second-order valence-electron chi connectivity index (χ2n) is 6.03. The number of piperidine rings is 1. The average molecular weight is 277 g/mol. The summed E-state index contributed by atoms with van der Waals surface area (Å²) >= 11 is 0. The minimum absolute atomic E-state index is 0.0466. The molecule has 3 rings (SSSR count). The number of amides is 1. The van der Waals surface area contributed by atoms with Crippen molar-refractivity contribution in [2.24, 2.45) is 5.92 Å². The van der Waals surface area contributed by atoms with Crippen LogP contribution in [-0.4, -0.2) is 45.2 Å². The van der Waals surface area contributed by atoms with Crippen molar-refractivity contribution in [3.8, 4) is 0 Å². The van der Waals surface area contributed by atoms with E-state index < -0.39 is 0 Å². The maximum atomic E-state index is 12.5. The molecule has 6 heteroatoms. The Kier molecular flexibility index (Phi) is 3.74. The number of nitrogens with one attached hydrogen (secondary N) is 1. The Hall–Kier alpha value is -1.43. The van der Waals surface area contributed by atoms with Crippen LogP contribution in [0.15, 0.2) is 0 Å². The first-order chi connectivity index (χ1) is 9.66. The summed E-state index contributed by atoms with van der Waals surface area (Å²) in [6, 6.07) is -0.0466. The SMILES string of the molecule is CC1CCCNC1C(=O)N(C)Cc1nnc2n1CCC2. The third-order valence-corrected chi connectivity index (χ3v) is 4.48. The summed E-state index contributed by atoms with van der Waals surface area (Å²) in [6.07, 6.45) is 4.42. The van der Waals surface area contributed by atoms with Crippen LogP contribution in [0.2, 0.25) is 0 Å². The standard InChI is InChI=1S/C14H23N5O/c1-10-5-3-7-15-13(10)14(20)18(2)9-12-17-16-11-6-4-8-19(11)12/h10,13,15H,3-9H2,1-2H3. The van der Waals surface area contributed by atoms with Crippen LogP contribution in [0.5, 0.6) is 0 Å². The lowest BCUT2D eigenvalue weighted by Crippen LogP contribution is -2.51. The lowest BCUT2D eigenvalue weighted by Gasteiger charge is -2.32. The van der Waals surface area contributed by atoms with Gasteiger partial charge in [0.25, 0.3) is 0 Å². The highest BCUT2D eigenvalue weighted by atomic mass is 16.2. The fourth-order valence-electron chi connectivity index (χ4n) is 3.24. The van der Waals surface area contributed by atoms with Crippen LogP contribution in [-0.2, 0) is 24.3 Å². The molecule has 2 unspecified atom stereocenters. The summed E-state index contributed by atoms with van der Waals surface area (Å²) in [5.74, 6) is 2.55. The van der Waals surface area contributed by atoms with Crippen LogP contribution in [0.3, 0.4) is 0 Å². The molecular weight excluding hydrogens is 254 g/mol. The molecule has 3 heterocycles. The van der Waals surface area contributed by atoms with E-state index in [1.54, 1.807) is 4.90 Å². The van der Waals surface area contributed by atoms with Crippen molar-refractivity contribution in [1.29, 1.82) is 0 Å². The Morgan fingerprint density at radius 2 is 2.30 bits per heavy atom. The van der Waals surface area contributed by atoms with Gasteiger partial charge in [-0.1, -0.05) is 6.92 Å². The van der Waals surface area contributed by atoms with E-state index in [4.69, 9.17) is 0 Å². The number of nitrogens with zero attached hydrogens (tertiary/aromatic N) is 4. The summed E-state index contributed by atoms with van der Waals surface area (Å²) < 4.78 is 2.15. The molecule has 1 fully saturated rings. The topological polar surface area (TPSA) is 63.1 Å².